The zero-order valence-electron chi connectivity index (χ0n) is 14.1. The molecule has 3 aliphatic heterocycles. The fraction of sp³-hybridized carbons (Fsp3) is 0.526. The molecule has 2 unspecified atom stereocenters. The minimum absolute atomic E-state index is 0.118. The lowest BCUT2D eigenvalue weighted by Gasteiger charge is -2.34. The number of carbonyl (C=O) groups is 1. The standard InChI is InChI=1S/C19H24N2O3/c1-14-11-21(12-17(14)20-6-8-23-9-7-20)19(22)16-10-15-4-2-3-5-18(15)24-13-16/h2-5,10,14,17H,6-9,11-13H2,1H3. The lowest BCUT2D eigenvalue weighted by atomic mass is 10.0. The van der Waals surface area contributed by atoms with Gasteiger partial charge in [0.1, 0.15) is 12.4 Å². The van der Waals surface area contributed by atoms with Crippen molar-refractivity contribution in [3.05, 3.63) is 35.4 Å². The van der Waals surface area contributed by atoms with Gasteiger partial charge in [-0.2, -0.15) is 0 Å². The van der Waals surface area contributed by atoms with Crippen LogP contribution in [0.2, 0.25) is 0 Å². The molecule has 2 atom stereocenters. The summed E-state index contributed by atoms with van der Waals surface area (Å²) >= 11 is 0. The lowest BCUT2D eigenvalue weighted by Crippen LogP contribution is -2.47. The maximum atomic E-state index is 12.9. The summed E-state index contributed by atoms with van der Waals surface area (Å²) in [7, 11) is 0. The number of hydrogen-bond donors (Lipinski definition) is 0. The number of carbonyl (C=O) groups excluding carboxylic acids is 1. The molecular weight excluding hydrogens is 304 g/mol. The zero-order valence-corrected chi connectivity index (χ0v) is 14.1. The predicted octanol–water partition coefficient (Wildman–Crippen LogP) is 1.64. The highest BCUT2D eigenvalue weighted by Gasteiger charge is 2.37. The first kappa shape index (κ1) is 15.7. The second-order valence-corrected chi connectivity index (χ2v) is 6.90. The van der Waals surface area contributed by atoms with Gasteiger partial charge in [-0.1, -0.05) is 25.1 Å². The molecule has 0 bridgehead atoms. The van der Waals surface area contributed by atoms with E-state index in [1.807, 2.05) is 35.2 Å². The van der Waals surface area contributed by atoms with E-state index in [-0.39, 0.29) is 5.91 Å². The van der Waals surface area contributed by atoms with E-state index in [0.29, 0.717) is 18.6 Å². The molecule has 0 saturated carbocycles. The van der Waals surface area contributed by atoms with Crippen LogP contribution in [-0.2, 0) is 9.53 Å². The third-order valence-electron chi connectivity index (χ3n) is 5.28. The van der Waals surface area contributed by atoms with Crippen LogP contribution < -0.4 is 4.74 Å². The molecule has 0 N–H and O–H groups in total. The molecule has 0 spiro atoms. The van der Waals surface area contributed by atoms with Gasteiger partial charge in [-0.25, -0.2) is 0 Å². The molecule has 1 aromatic carbocycles. The summed E-state index contributed by atoms with van der Waals surface area (Å²) in [5, 5.41) is 0. The van der Waals surface area contributed by atoms with Gasteiger partial charge in [0.05, 0.1) is 18.8 Å². The molecule has 1 aromatic rings. The van der Waals surface area contributed by atoms with E-state index < -0.39 is 0 Å². The number of hydrogen-bond acceptors (Lipinski definition) is 4. The number of benzene rings is 1. The Bertz CT molecular complexity index is 652. The first-order valence-corrected chi connectivity index (χ1v) is 8.76. The van der Waals surface area contributed by atoms with Crippen LogP contribution in [0.25, 0.3) is 6.08 Å². The van der Waals surface area contributed by atoms with Crippen molar-refractivity contribution in [3.63, 3.8) is 0 Å². The Kier molecular flexibility index (Phi) is 4.29. The average molecular weight is 328 g/mol. The number of amides is 1. The van der Waals surface area contributed by atoms with Crippen molar-refractivity contribution in [2.75, 3.05) is 46.0 Å². The van der Waals surface area contributed by atoms with E-state index in [9.17, 15) is 4.79 Å². The van der Waals surface area contributed by atoms with Gasteiger partial charge in [0, 0.05) is 37.8 Å². The molecular formula is C19H24N2O3. The Morgan fingerprint density at radius 3 is 2.79 bits per heavy atom. The normalized spacial score (nSPS) is 27.4. The van der Waals surface area contributed by atoms with Gasteiger partial charge >= 0.3 is 0 Å². The van der Waals surface area contributed by atoms with E-state index in [0.717, 1.165) is 56.3 Å². The molecule has 2 saturated heterocycles. The second-order valence-electron chi connectivity index (χ2n) is 6.90. The van der Waals surface area contributed by atoms with Crippen molar-refractivity contribution in [1.29, 1.82) is 0 Å². The maximum Gasteiger partial charge on any atom is 0.253 e. The highest BCUT2D eigenvalue weighted by Crippen LogP contribution is 2.29. The lowest BCUT2D eigenvalue weighted by molar-refractivity contribution is -0.126. The number of likely N-dealkylation sites (tertiary alicyclic amines) is 1. The Morgan fingerprint density at radius 1 is 1.17 bits per heavy atom. The fourth-order valence-corrected chi connectivity index (χ4v) is 3.94. The Labute approximate surface area is 142 Å². The number of ether oxygens (including phenoxy) is 2. The van der Waals surface area contributed by atoms with Crippen molar-refractivity contribution in [1.82, 2.24) is 9.80 Å². The van der Waals surface area contributed by atoms with Crippen LogP contribution in [0.4, 0.5) is 0 Å². The fourth-order valence-electron chi connectivity index (χ4n) is 3.94. The molecule has 128 valence electrons. The van der Waals surface area contributed by atoms with Crippen molar-refractivity contribution in [3.8, 4) is 5.75 Å². The molecule has 0 radical (unpaired) electrons. The molecule has 5 nitrogen and oxygen atoms in total. The van der Waals surface area contributed by atoms with Gasteiger partial charge in [0.25, 0.3) is 5.91 Å². The molecule has 3 aliphatic rings. The number of para-hydroxylation sites is 1. The summed E-state index contributed by atoms with van der Waals surface area (Å²) in [5.41, 5.74) is 1.74. The summed E-state index contributed by atoms with van der Waals surface area (Å²) in [5.74, 6) is 1.46. The second kappa shape index (κ2) is 6.57. The molecule has 2 fully saturated rings. The Hall–Kier alpha value is -1.85. The topological polar surface area (TPSA) is 42.0 Å². The van der Waals surface area contributed by atoms with E-state index in [1.54, 1.807) is 0 Å². The van der Waals surface area contributed by atoms with Crippen LogP contribution in [0, 0.1) is 5.92 Å². The Morgan fingerprint density at radius 2 is 1.96 bits per heavy atom. The third-order valence-corrected chi connectivity index (χ3v) is 5.28. The van der Waals surface area contributed by atoms with Crippen molar-refractivity contribution < 1.29 is 14.3 Å². The zero-order chi connectivity index (χ0) is 16.5. The summed E-state index contributed by atoms with van der Waals surface area (Å²) in [6, 6.07) is 8.30. The van der Waals surface area contributed by atoms with E-state index >= 15 is 0 Å². The van der Waals surface area contributed by atoms with Gasteiger partial charge in [0.15, 0.2) is 0 Å². The summed E-state index contributed by atoms with van der Waals surface area (Å²) in [6.07, 6.45) is 1.98. The van der Waals surface area contributed by atoms with Crippen LogP contribution in [-0.4, -0.2) is 67.7 Å². The molecule has 0 aromatic heterocycles. The van der Waals surface area contributed by atoms with Crippen LogP contribution in [0.3, 0.4) is 0 Å². The minimum atomic E-state index is 0.118. The molecule has 0 aliphatic carbocycles. The van der Waals surface area contributed by atoms with Gasteiger partial charge < -0.3 is 14.4 Å². The van der Waals surface area contributed by atoms with E-state index in [2.05, 4.69) is 11.8 Å². The number of fused-ring (bicyclic) bond motifs is 1. The van der Waals surface area contributed by atoms with E-state index in [4.69, 9.17) is 9.47 Å². The molecule has 3 heterocycles. The van der Waals surface area contributed by atoms with E-state index in [1.165, 1.54) is 0 Å². The van der Waals surface area contributed by atoms with Crippen molar-refractivity contribution in [2.45, 2.75) is 13.0 Å². The monoisotopic (exact) mass is 328 g/mol. The van der Waals surface area contributed by atoms with Gasteiger partial charge in [-0.15, -0.1) is 0 Å². The van der Waals surface area contributed by atoms with Crippen molar-refractivity contribution >= 4 is 12.0 Å². The third kappa shape index (κ3) is 2.94. The number of morpholine rings is 1. The van der Waals surface area contributed by atoms with Crippen LogP contribution in [0.5, 0.6) is 5.75 Å². The average Bonchev–Trinajstić information content (AvgIpc) is 3.03. The Balaban J connectivity index is 1.47. The van der Waals surface area contributed by atoms with Gasteiger partial charge in [0.2, 0.25) is 0 Å². The van der Waals surface area contributed by atoms with Gasteiger partial charge in [-0.05, 0) is 18.1 Å². The highest BCUT2D eigenvalue weighted by atomic mass is 16.5. The van der Waals surface area contributed by atoms with Gasteiger partial charge in [-0.3, -0.25) is 9.69 Å². The summed E-state index contributed by atoms with van der Waals surface area (Å²) in [6.45, 7) is 7.77. The number of nitrogens with zero attached hydrogens (tertiary/aromatic N) is 2. The molecule has 4 rings (SSSR count). The predicted molar refractivity (Wildman–Crippen MR) is 91.8 cm³/mol. The summed E-state index contributed by atoms with van der Waals surface area (Å²) in [4.78, 5) is 17.4. The van der Waals surface area contributed by atoms with Crippen LogP contribution in [0.1, 0.15) is 12.5 Å². The minimum Gasteiger partial charge on any atom is -0.488 e. The smallest absolute Gasteiger partial charge is 0.253 e. The molecule has 24 heavy (non-hydrogen) atoms. The maximum absolute atomic E-state index is 12.9. The van der Waals surface area contributed by atoms with Crippen molar-refractivity contribution in [2.24, 2.45) is 5.92 Å². The molecule has 5 heteroatoms. The quantitative estimate of drug-likeness (QED) is 0.828. The first-order chi connectivity index (χ1) is 11.7. The molecule has 1 amide bonds. The van der Waals surface area contributed by atoms with Crippen LogP contribution >= 0.6 is 0 Å². The highest BCUT2D eigenvalue weighted by molar-refractivity contribution is 5.99. The SMILES string of the molecule is CC1CN(C(=O)C2=Cc3ccccc3OC2)CC1N1CCOCC1. The first-order valence-electron chi connectivity index (χ1n) is 8.76. The summed E-state index contributed by atoms with van der Waals surface area (Å²) < 4.78 is 11.2. The van der Waals surface area contributed by atoms with Crippen LogP contribution in [0.15, 0.2) is 29.8 Å². The number of rotatable bonds is 2. The largest absolute Gasteiger partial charge is 0.488 e.